The third kappa shape index (κ3) is 3.03. The van der Waals surface area contributed by atoms with Gasteiger partial charge in [-0.25, -0.2) is 9.97 Å². The van der Waals surface area contributed by atoms with Crippen molar-refractivity contribution in [3.63, 3.8) is 0 Å². The molecule has 1 amide bonds. The number of hydrogen-bond donors (Lipinski definition) is 4. The van der Waals surface area contributed by atoms with Crippen LogP contribution in [0.3, 0.4) is 0 Å². The molecular weight excluding hydrogens is 300 g/mol. The van der Waals surface area contributed by atoms with Gasteiger partial charge in [0, 0.05) is 16.6 Å². The molecule has 0 saturated carbocycles. The maximum absolute atomic E-state index is 11.5. The lowest BCUT2D eigenvalue weighted by molar-refractivity contribution is 0.0997. The van der Waals surface area contributed by atoms with E-state index in [2.05, 4.69) is 9.97 Å². The predicted molar refractivity (Wildman–Crippen MR) is 79.4 cm³/mol. The molecule has 8 N–H and O–H groups in total. The van der Waals surface area contributed by atoms with Crippen LogP contribution in [0.15, 0.2) is 28.3 Å². The van der Waals surface area contributed by atoms with Crippen LogP contribution in [-0.2, 0) is 0 Å². The summed E-state index contributed by atoms with van der Waals surface area (Å²) in [5.41, 5.74) is 22.6. The average molecular weight is 311 g/mol. The van der Waals surface area contributed by atoms with Gasteiger partial charge >= 0.3 is 0 Å². The minimum absolute atomic E-state index is 0.185. The molecule has 0 saturated heterocycles. The summed E-state index contributed by atoms with van der Waals surface area (Å²) in [4.78, 5) is 19.9. The van der Waals surface area contributed by atoms with Crippen LogP contribution in [0, 0.1) is 0 Å². The van der Waals surface area contributed by atoms with E-state index in [1.54, 1.807) is 0 Å². The first-order chi connectivity index (χ1) is 9.36. The Hall–Kier alpha value is -2.19. The highest BCUT2D eigenvalue weighted by Crippen LogP contribution is 2.36. The number of halogens is 1. The second-order valence-corrected chi connectivity index (χ2v) is 5.23. The number of amides is 1. The van der Waals surface area contributed by atoms with Gasteiger partial charge in [-0.15, -0.1) is 0 Å². The van der Waals surface area contributed by atoms with E-state index in [0.717, 1.165) is 11.8 Å². The monoisotopic (exact) mass is 310 g/mol. The van der Waals surface area contributed by atoms with Crippen LogP contribution in [0.1, 0.15) is 10.4 Å². The van der Waals surface area contributed by atoms with E-state index in [9.17, 15) is 4.79 Å². The minimum Gasteiger partial charge on any atom is -0.399 e. The molecule has 1 aromatic heterocycles. The van der Waals surface area contributed by atoms with Gasteiger partial charge in [-0.3, -0.25) is 4.79 Å². The standard InChI is InChI=1S/C11H11ClN6OS/c12-6-2-4(13)1-5(10(16)19)9(6)20-11-17-7(14)3-8(15)18-11/h1-3H,13H2,(H2,16,19)(H4,14,15,17,18). The highest BCUT2D eigenvalue weighted by Gasteiger charge is 2.16. The number of carbonyl (C=O) groups is 1. The van der Waals surface area contributed by atoms with Gasteiger partial charge < -0.3 is 22.9 Å². The Morgan fingerprint density at radius 3 is 2.25 bits per heavy atom. The number of hydrogen-bond acceptors (Lipinski definition) is 7. The molecule has 0 unspecified atom stereocenters. The number of benzene rings is 1. The highest BCUT2D eigenvalue weighted by atomic mass is 35.5. The molecule has 0 aliphatic carbocycles. The lowest BCUT2D eigenvalue weighted by Crippen LogP contribution is -2.13. The SMILES string of the molecule is NC(=O)c1cc(N)cc(Cl)c1Sc1nc(N)cc(N)n1. The van der Waals surface area contributed by atoms with E-state index in [-0.39, 0.29) is 27.4 Å². The Morgan fingerprint density at radius 1 is 1.10 bits per heavy atom. The molecule has 1 aromatic carbocycles. The summed E-state index contributed by atoms with van der Waals surface area (Å²) in [5, 5.41) is 0.532. The third-order valence-corrected chi connectivity index (χ3v) is 3.69. The van der Waals surface area contributed by atoms with Crippen molar-refractivity contribution in [3.05, 3.63) is 28.8 Å². The molecule has 0 aliphatic heterocycles. The molecule has 0 aliphatic rings. The molecule has 20 heavy (non-hydrogen) atoms. The molecular formula is C11H11ClN6OS. The zero-order valence-electron chi connectivity index (χ0n) is 10.1. The number of nitrogens with zero attached hydrogens (tertiary/aromatic N) is 2. The summed E-state index contributed by atoms with van der Waals surface area (Å²) < 4.78 is 0. The van der Waals surface area contributed by atoms with Gasteiger partial charge in [0.05, 0.1) is 10.6 Å². The molecule has 104 valence electrons. The summed E-state index contributed by atoms with van der Waals surface area (Å²) in [6.45, 7) is 0. The van der Waals surface area contributed by atoms with Crippen LogP contribution in [-0.4, -0.2) is 15.9 Å². The van der Waals surface area contributed by atoms with Crippen LogP contribution in [0.2, 0.25) is 5.02 Å². The molecule has 2 rings (SSSR count). The van der Waals surface area contributed by atoms with Gasteiger partial charge in [-0.05, 0) is 23.9 Å². The van der Waals surface area contributed by atoms with Crippen molar-refractivity contribution in [2.24, 2.45) is 5.73 Å². The number of primary amides is 1. The van der Waals surface area contributed by atoms with Gasteiger partial charge in [0.15, 0.2) is 5.16 Å². The Kier molecular flexibility index (Phi) is 3.86. The van der Waals surface area contributed by atoms with E-state index in [0.29, 0.717) is 10.6 Å². The first-order valence-electron chi connectivity index (χ1n) is 5.33. The van der Waals surface area contributed by atoms with Gasteiger partial charge in [0.2, 0.25) is 5.91 Å². The van der Waals surface area contributed by atoms with Crippen molar-refractivity contribution in [3.8, 4) is 0 Å². The maximum Gasteiger partial charge on any atom is 0.249 e. The topological polar surface area (TPSA) is 147 Å². The quantitative estimate of drug-likeness (QED) is 0.490. The number of carbonyl (C=O) groups excluding carboxylic acids is 1. The van der Waals surface area contributed by atoms with Gasteiger partial charge in [0.1, 0.15) is 11.6 Å². The Balaban J connectivity index is 2.50. The molecule has 7 nitrogen and oxygen atoms in total. The number of anilines is 3. The van der Waals surface area contributed by atoms with E-state index >= 15 is 0 Å². The van der Waals surface area contributed by atoms with Gasteiger partial charge in [-0.2, -0.15) is 0 Å². The summed E-state index contributed by atoms with van der Waals surface area (Å²) >= 11 is 7.12. The summed E-state index contributed by atoms with van der Waals surface area (Å²) in [6.07, 6.45) is 0. The fraction of sp³-hybridized carbons (Fsp3) is 0. The first-order valence-corrected chi connectivity index (χ1v) is 6.53. The Labute approximate surface area is 123 Å². The van der Waals surface area contributed by atoms with Crippen molar-refractivity contribution in [2.75, 3.05) is 17.2 Å². The second kappa shape index (κ2) is 5.43. The minimum atomic E-state index is -0.654. The zero-order valence-corrected chi connectivity index (χ0v) is 11.7. The molecule has 2 aromatic rings. The third-order valence-electron chi connectivity index (χ3n) is 2.27. The lowest BCUT2D eigenvalue weighted by atomic mass is 10.2. The van der Waals surface area contributed by atoms with Crippen molar-refractivity contribution in [2.45, 2.75) is 10.1 Å². The van der Waals surface area contributed by atoms with E-state index < -0.39 is 5.91 Å². The number of nitrogens with two attached hydrogens (primary N) is 4. The van der Waals surface area contributed by atoms with Crippen LogP contribution < -0.4 is 22.9 Å². The van der Waals surface area contributed by atoms with Crippen molar-refractivity contribution in [1.82, 2.24) is 9.97 Å². The number of rotatable bonds is 3. The van der Waals surface area contributed by atoms with Crippen molar-refractivity contribution < 1.29 is 4.79 Å². The van der Waals surface area contributed by atoms with Crippen LogP contribution in [0.4, 0.5) is 17.3 Å². The lowest BCUT2D eigenvalue weighted by Gasteiger charge is -2.09. The van der Waals surface area contributed by atoms with Gasteiger partial charge in [0.25, 0.3) is 0 Å². The fourth-order valence-electron chi connectivity index (χ4n) is 1.50. The molecule has 0 atom stereocenters. The molecule has 9 heteroatoms. The van der Waals surface area contributed by atoms with E-state index in [4.69, 9.17) is 34.5 Å². The number of nitrogen functional groups attached to an aromatic ring is 3. The highest BCUT2D eigenvalue weighted by molar-refractivity contribution is 7.99. The van der Waals surface area contributed by atoms with Crippen LogP contribution in [0.5, 0.6) is 0 Å². The van der Waals surface area contributed by atoms with Crippen molar-refractivity contribution >= 4 is 46.6 Å². The number of aromatic nitrogens is 2. The summed E-state index contributed by atoms with van der Waals surface area (Å²) in [5.74, 6) is -0.224. The van der Waals surface area contributed by atoms with E-state index in [1.165, 1.54) is 18.2 Å². The maximum atomic E-state index is 11.5. The summed E-state index contributed by atoms with van der Waals surface area (Å²) in [7, 11) is 0. The molecule has 0 radical (unpaired) electrons. The largest absolute Gasteiger partial charge is 0.399 e. The van der Waals surface area contributed by atoms with E-state index in [1.807, 2.05) is 0 Å². The predicted octanol–water partition coefficient (Wildman–Crippen LogP) is 1.13. The Bertz CT molecular complexity index is 673. The molecule has 0 fully saturated rings. The van der Waals surface area contributed by atoms with Crippen LogP contribution in [0.25, 0.3) is 0 Å². The molecule has 1 heterocycles. The molecule has 0 spiro atoms. The summed E-state index contributed by atoms with van der Waals surface area (Å²) in [6, 6.07) is 4.36. The normalized spacial score (nSPS) is 10.4. The van der Waals surface area contributed by atoms with Gasteiger partial charge in [-0.1, -0.05) is 11.6 Å². The Morgan fingerprint density at radius 2 is 1.70 bits per heavy atom. The fourth-order valence-corrected chi connectivity index (χ4v) is 2.75. The second-order valence-electron chi connectivity index (χ2n) is 3.85. The van der Waals surface area contributed by atoms with Crippen LogP contribution >= 0.6 is 23.4 Å². The van der Waals surface area contributed by atoms with Crippen molar-refractivity contribution in [1.29, 1.82) is 0 Å². The zero-order chi connectivity index (χ0) is 14.9. The smallest absolute Gasteiger partial charge is 0.249 e. The molecule has 0 bridgehead atoms. The first kappa shape index (κ1) is 14.2. The average Bonchev–Trinajstić information content (AvgIpc) is 2.30.